The number of hydrogen-bond donors (Lipinski definition) is 3. The summed E-state index contributed by atoms with van der Waals surface area (Å²) in [5, 5.41) is 18.9. The van der Waals surface area contributed by atoms with Gasteiger partial charge in [0.1, 0.15) is 12.1 Å². The Morgan fingerprint density at radius 3 is 1.70 bits per heavy atom. The Labute approximate surface area is 56.7 Å². The summed E-state index contributed by atoms with van der Waals surface area (Å²) < 4.78 is 0. The van der Waals surface area contributed by atoms with Crippen LogP contribution in [-0.2, 0) is 9.59 Å². The van der Waals surface area contributed by atoms with Crippen LogP contribution in [0.5, 0.6) is 0 Å². The Morgan fingerprint density at radius 2 is 1.50 bits per heavy atom. The summed E-state index contributed by atoms with van der Waals surface area (Å²) in [6.45, 7) is 0. The minimum Gasteiger partial charge on any atom is -0.480 e. The van der Waals surface area contributed by atoms with E-state index >= 15 is 0 Å². The first-order valence-electron chi connectivity index (χ1n) is 2.83. The van der Waals surface area contributed by atoms with Crippen LogP contribution in [0.4, 0.5) is 0 Å². The minimum atomic E-state index is -0.988. The maximum absolute atomic E-state index is 10.1. The van der Waals surface area contributed by atoms with Gasteiger partial charge in [-0.2, -0.15) is 0 Å². The molecule has 5 heteroatoms. The van der Waals surface area contributed by atoms with Crippen molar-refractivity contribution in [1.82, 2.24) is 5.32 Å². The van der Waals surface area contributed by atoms with Crippen LogP contribution in [0.3, 0.4) is 0 Å². The van der Waals surface area contributed by atoms with E-state index in [-0.39, 0.29) is 6.42 Å². The molecular formula is C5H7NO4. The SMILES string of the molecule is O=C(O)[C@@H]1C[C@H](C(=O)O)N1. The van der Waals surface area contributed by atoms with Crippen molar-refractivity contribution in [3.63, 3.8) is 0 Å². The molecular weight excluding hydrogens is 138 g/mol. The number of carboxylic acids is 2. The molecule has 0 spiro atoms. The Kier molecular flexibility index (Phi) is 1.58. The summed E-state index contributed by atoms with van der Waals surface area (Å²) in [7, 11) is 0. The number of carbonyl (C=O) groups is 2. The van der Waals surface area contributed by atoms with Gasteiger partial charge in [0.05, 0.1) is 0 Å². The van der Waals surface area contributed by atoms with Crippen LogP contribution in [-0.4, -0.2) is 34.2 Å². The standard InChI is InChI=1S/C5H7NO4/c7-4(8)2-1-3(6-2)5(9)10/h2-3,6H,1H2,(H,7,8)(H,9,10)/t2-,3+. The zero-order valence-electron chi connectivity index (χ0n) is 5.07. The summed E-state index contributed by atoms with van der Waals surface area (Å²) in [5.41, 5.74) is 0. The molecule has 2 atom stereocenters. The first-order valence-corrected chi connectivity index (χ1v) is 2.83. The van der Waals surface area contributed by atoms with Crippen molar-refractivity contribution in [2.45, 2.75) is 18.5 Å². The van der Waals surface area contributed by atoms with Gasteiger partial charge in [0.25, 0.3) is 0 Å². The first-order chi connectivity index (χ1) is 4.61. The third kappa shape index (κ3) is 1.08. The van der Waals surface area contributed by atoms with Crippen LogP contribution in [0.2, 0.25) is 0 Å². The van der Waals surface area contributed by atoms with E-state index in [9.17, 15) is 9.59 Å². The van der Waals surface area contributed by atoms with E-state index in [0.29, 0.717) is 0 Å². The zero-order chi connectivity index (χ0) is 7.72. The van der Waals surface area contributed by atoms with Gasteiger partial charge in [-0.15, -0.1) is 0 Å². The van der Waals surface area contributed by atoms with Crippen molar-refractivity contribution in [2.75, 3.05) is 0 Å². The normalized spacial score (nSPS) is 30.8. The molecule has 1 heterocycles. The van der Waals surface area contributed by atoms with Gasteiger partial charge in [-0.25, -0.2) is 0 Å². The highest BCUT2D eigenvalue weighted by atomic mass is 16.4. The van der Waals surface area contributed by atoms with Gasteiger partial charge in [-0.1, -0.05) is 0 Å². The molecule has 0 radical (unpaired) electrons. The highest BCUT2D eigenvalue weighted by molar-refractivity contribution is 5.82. The average molecular weight is 145 g/mol. The van der Waals surface area contributed by atoms with Gasteiger partial charge in [0, 0.05) is 0 Å². The lowest BCUT2D eigenvalue weighted by Gasteiger charge is -2.30. The van der Waals surface area contributed by atoms with Crippen LogP contribution in [0.25, 0.3) is 0 Å². The minimum absolute atomic E-state index is 0.185. The Balaban J connectivity index is 2.31. The lowest BCUT2D eigenvalue weighted by molar-refractivity contribution is -0.148. The number of rotatable bonds is 2. The molecule has 1 rings (SSSR count). The fraction of sp³-hybridized carbons (Fsp3) is 0.600. The molecule has 56 valence electrons. The smallest absolute Gasteiger partial charge is 0.320 e. The van der Waals surface area contributed by atoms with Crippen molar-refractivity contribution in [1.29, 1.82) is 0 Å². The molecule has 1 saturated heterocycles. The summed E-state index contributed by atoms with van der Waals surface area (Å²) in [5.74, 6) is -1.98. The molecule has 0 saturated carbocycles. The first kappa shape index (κ1) is 7.01. The second-order valence-electron chi connectivity index (χ2n) is 2.18. The monoisotopic (exact) mass is 145 g/mol. The molecule has 0 aromatic rings. The van der Waals surface area contributed by atoms with Crippen LogP contribution >= 0.6 is 0 Å². The van der Waals surface area contributed by atoms with Crippen LogP contribution in [0.1, 0.15) is 6.42 Å². The molecule has 0 aliphatic carbocycles. The highest BCUT2D eigenvalue weighted by Crippen LogP contribution is 2.11. The molecule has 10 heavy (non-hydrogen) atoms. The largest absolute Gasteiger partial charge is 0.480 e. The molecule has 1 aliphatic rings. The van der Waals surface area contributed by atoms with Gasteiger partial charge in [-0.05, 0) is 6.42 Å². The molecule has 5 nitrogen and oxygen atoms in total. The van der Waals surface area contributed by atoms with Crippen molar-refractivity contribution in [2.24, 2.45) is 0 Å². The maximum atomic E-state index is 10.1. The predicted molar refractivity (Wildman–Crippen MR) is 30.6 cm³/mol. The number of hydrogen-bond acceptors (Lipinski definition) is 3. The van der Waals surface area contributed by atoms with Crippen LogP contribution in [0.15, 0.2) is 0 Å². The van der Waals surface area contributed by atoms with Crippen molar-refractivity contribution >= 4 is 11.9 Å². The highest BCUT2D eigenvalue weighted by Gasteiger charge is 2.37. The lowest BCUT2D eigenvalue weighted by atomic mass is 9.98. The van der Waals surface area contributed by atoms with E-state index in [1.807, 2.05) is 0 Å². The van der Waals surface area contributed by atoms with E-state index < -0.39 is 24.0 Å². The average Bonchev–Trinajstić information content (AvgIpc) is 1.56. The fourth-order valence-electron chi connectivity index (χ4n) is 0.798. The van der Waals surface area contributed by atoms with Gasteiger partial charge >= 0.3 is 11.9 Å². The molecule has 0 bridgehead atoms. The van der Waals surface area contributed by atoms with Crippen LogP contribution < -0.4 is 5.32 Å². The van der Waals surface area contributed by atoms with Gasteiger partial charge < -0.3 is 10.2 Å². The van der Waals surface area contributed by atoms with Gasteiger partial charge in [0.15, 0.2) is 0 Å². The van der Waals surface area contributed by atoms with Crippen molar-refractivity contribution < 1.29 is 19.8 Å². The van der Waals surface area contributed by atoms with Crippen LogP contribution in [0, 0.1) is 0 Å². The quantitative estimate of drug-likeness (QED) is 0.458. The number of aliphatic carboxylic acids is 2. The van der Waals surface area contributed by atoms with Crippen molar-refractivity contribution in [3.05, 3.63) is 0 Å². The molecule has 0 aromatic carbocycles. The third-order valence-corrected chi connectivity index (χ3v) is 1.47. The Hall–Kier alpha value is -1.10. The van der Waals surface area contributed by atoms with Crippen molar-refractivity contribution in [3.8, 4) is 0 Å². The number of nitrogens with one attached hydrogen (secondary N) is 1. The second-order valence-corrected chi connectivity index (χ2v) is 2.18. The molecule has 1 aliphatic heterocycles. The van der Waals surface area contributed by atoms with E-state index in [0.717, 1.165) is 0 Å². The number of carboxylic acid groups (broad SMARTS) is 2. The molecule has 0 aromatic heterocycles. The topological polar surface area (TPSA) is 86.6 Å². The van der Waals surface area contributed by atoms with Gasteiger partial charge in [0.2, 0.25) is 0 Å². The lowest BCUT2D eigenvalue weighted by Crippen LogP contribution is -2.59. The summed E-state index contributed by atoms with van der Waals surface area (Å²) in [6.07, 6.45) is 0.185. The Morgan fingerprint density at radius 1 is 1.20 bits per heavy atom. The molecule has 0 unspecified atom stereocenters. The Bertz CT molecular complexity index is 154. The predicted octanol–water partition coefficient (Wildman–Crippen LogP) is -1.11. The maximum Gasteiger partial charge on any atom is 0.320 e. The molecule has 0 amide bonds. The van der Waals surface area contributed by atoms with E-state index in [1.165, 1.54) is 0 Å². The summed E-state index contributed by atoms with van der Waals surface area (Å²) >= 11 is 0. The molecule has 1 fully saturated rings. The third-order valence-electron chi connectivity index (χ3n) is 1.47. The zero-order valence-corrected chi connectivity index (χ0v) is 5.07. The van der Waals surface area contributed by atoms with E-state index in [1.54, 1.807) is 0 Å². The van der Waals surface area contributed by atoms with Gasteiger partial charge in [-0.3, -0.25) is 14.9 Å². The van der Waals surface area contributed by atoms with E-state index in [4.69, 9.17) is 10.2 Å². The van der Waals surface area contributed by atoms with E-state index in [2.05, 4.69) is 5.32 Å². The summed E-state index contributed by atoms with van der Waals surface area (Å²) in [6, 6.07) is -1.33. The fourth-order valence-corrected chi connectivity index (χ4v) is 0.798. The summed E-state index contributed by atoms with van der Waals surface area (Å²) in [4.78, 5) is 20.2. The molecule has 3 N–H and O–H groups in total. The second kappa shape index (κ2) is 2.26.